The summed E-state index contributed by atoms with van der Waals surface area (Å²) < 4.78 is 23.7. The Labute approximate surface area is 142 Å². The van der Waals surface area contributed by atoms with Crippen LogP contribution in [0, 0.1) is 5.82 Å². The summed E-state index contributed by atoms with van der Waals surface area (Å²) in [6.07, 6.45) is 0. The zero-order valence-corrected chi connectivity index (χ0v) is 13.6. The highest BCUT2D eigenvalue weighted by Crippen LogP contribution is 2.35. The maximum Gasteiger partial charge on any atom is 0.272 e. The lowest BCUT2D eigenvalue weighted by molar-refractivity contribution is 0.0844. The molecule has 6 nitrogen and oxygen atoms in total. The van der Waals surface area contributed by atoms with Gasteiger partial charge < -0.3 is 9.47 Å². The van der Waals surface area contributed by atoms with Gasteiger partial charge in [-0.1, -0.05) is 23.7 Å². The zero-order chi connectivity index (χ0) is 17.7. The normalized spacial score (nSPS) is 10.0. The maximum atomic E-state index is 13.5. The second-order valence-corrected chi connectivity index (χ2v) is 4.99. The third-order valence-corrected chi connectivity index (χ3v) is 3.38. The van der Waals surface area contributed by atoms with Gasteiger partial charge in [-0.25, -0.2) is 4.39 Å². The van der Waals surface area contributed by atoms with Gasteiger partial charge in [0.05, 0.1) is 24.8 Å². The number of amides is 2. The Bertz CT molecular complexity index is 783. The molecule has 0 aliphatic heterocycles. The summed E-state index contributed by atoms with van der Waals surface area (Å²) in [4.78, 5) is 24.0. The van der Waals surface area contributed by atoms with Gasteiger partial charge in [0.1, 0.15) is 5.82 Å². The van der Waals surface area contributed by atoms with E-state index in [2.05, 4.69) is 10.9 Å². The molecule has 2 amide bonds. The van der Waals surface area contributed by atoms with E-state index in [0.717, 1.165) is 6.07 Å². The molecule has 2 aromatic carbocycles. The van der Waals surface area contributed by atoms with Crippen LogP contribution in [0.1, 0.15) is 20.7 Å². The number of methoxy groups -OCH3 is 2. The molecule has 0 aliphatic carbocycles. The molecule has 0 bridgehead atoms. The fraction of sp³-hybridized carbons (Fsp3) is 0.125. The molecule has 0 atom stereocenters. The monoisotopic (exact) mass is 352 g/mol. The number of benzene rings is 2. The van der Waals surface area contributed by atoms with E-state index in [9.17, 15) is 14.0 Å². The lowest BCUT2D eigenvalue weighted by Crippen LogP contribution is -2.41. The number of carbonyl (C=O) groups is 2. The first-order valence-corrected chi connectivity index (χ1v) is 7.12. The summed E-state index contributed by atoms with van der Waals surface area (Å²) in [7, 11) is 2.81. The molecule has 0 heterocycles. The molecule has 8 heteroatoms. The van der Waals surface area contributed by atoms with Crippen LogP contribution in [0.15, 0.2) is 36.4 Å². The van der Waals surface area contributed by atoms with Crippen LogP contribution in [-0.2, 0) is 0 Å². The van der Waals surface area contributed by atoms with Crippen molar-refractivity contribution in [2.24, 2.45) is 0 Å². The largest absolute Gasteiger partial charge is 0.493 e. The minimum absolute atomic E-state index is 0.131. The molecule has 0 aromatic heterocycles. The molecule has 0 spiro atoms. The van der Waals surface area contributed by atoms with Crippen LogP contribution < -0.4 is 20.3 Å². The predicted molar refractivity (Wildman–Crippen MR) is 85.9 cm³/mol. The Kier molecular flexibility index (Phi) is 5.59. The van der Waals surface area contributed by atoms with Gasteiger partial charge in [-0.3, -0.25) is 20.4 Å². The van der Waals surface area contributed by atoms with Crippen molar-refractivity contribution in [1.29, 1.82) is 0 Å². The number of hydrogen-bond acceptors (Lipinski definition) is 4. The van der Waals surface area contributed by atoms with Crippen molar-refractivity contribution in [2.45, 2.75) is 0 Å². The number of rotatable bonds is 4. The molecule has 0 saturated carbocycles. The molecule has 24 heavy (non-hydrogen) atoms. The Hall–Kier alpha value is -2.80. The number of nitrogens with one attached hydrogen (secondary N) is 2. The van der Waals surface area contributed by atoms with Crippen LogP contribution in [0.5, 0.6) is 11.5 Å². The summed E-state index contributed by atoms with van der Waals surface area (Å²) in [5.74, 6) is -1.59. The average molecular weight is 353 g/mol. The SMILES string of the molecule is COc1cc(C(=O)NNC(=O)c2ccccc2F)cc(Cl)c1OC. The van der Waals surface area contributed by atoms with Gasteiger partial charge in [0, 0.05) is 5.56 Å². The van der Waals surface area contributed by atoms with E-state index >= 15 is 0 Å². The van der Waals surface area contributed by atoms with E-state index < -0.39 is 17.6 Å². The topological polar surface area (TPSA) is 76.7 Å². The second-order valence-electron chi connectivity index (χ2n) is 4.58. The molecule has 0 fully saturated rings. The van der Waals surface area contributed by atoms with E-state index in [1.165, 1.54) is 44.6 Å². The van der Waals surface area contributed by atoms with Crippen molar-refractivity contribution in [3.05, 3.63) is 58.4 Å². The van der Waals surface area contributed by atoms with Crippen molar-refractivity contribution >= 4 is 23.4 Å². The second kappa shape index (κ2) is 7.65. The van der Waals surface area contributed by atoms with Crippen LogP contribution >= 0.6 is 11.6 Å². The van der Waals surface area contributed by atoms with Crippen LogP contribution in [0.2, 0.25) is 5.02 Å². The molecule has 0 unspecified atom stereocenters. The lowest BCUT2D eigenvalue weighted by atomic mass is 10.2. The summed E-state index contributed by atoms with van der Waals surface area (Å²) in [6.45, 7) is 0. The Morgan fingerprint density at radius 2 is 1.71 bits per heavy atom. The summed E-state index contributed by atoms with van der Waals surface area (Å²) in [5, 5.41) is 0.169. The summed E-state index contributed by atoms with van der Waals surface area (Å²) >= 11 is 6.01. The third-order valence-electron chi connectivity index (χ3n) is 3.10. The fourth-order valence-corrected chi connectivity index (χ4v) is 2.24. The van der Waals surface area contributed by atoms with Gasteiger partial charge in [-0.15, -0.1) is 0 Å². The van der Waals surface area contributed by atoms with Crippen molar-refractivity contribution in [2.75, 3.05) is 14.2 Å². The van der Waals surface area contributed by atoms with E-state index in [0.29, 0.717) is 0 Å². The summed E-state index contributed by atoms with van der Waals surface area (Å²) in [6, 6.07) is 8.15. The number of hydrogen-bond donors (Lipinski definition) is 2. The first kappa shape index (κ1) is 17.6. The molecule has 2 N–H and O–H groups in total. The van der Waals surface area contributed by atoms with Crippen LogP contribution in [0.3, 0.4) is 0 Å². The highest BCUT2D eigenvalue weighted by Gasteiger charge is 2.16. The first-order valence-electron chi connectivity index (χ1n) is 6.74. The highest BCUT2D eigenvalue weighted by molar-refractivity contribution is 6.32. The number of carbonyl (C=O) groups excluding carboxylic acids is 2. The Balaban J connectivity index is 2.12. The minimum atomic E-state index is -0.784. The van der Waals surface area contributed by atoms with Crippen molar-refractivity contribution in [1.82, 2.24) is 10.9 Å². The van der Waals surface area contributed by atoms with E-state index in [1.807, 2.05) is 0 Å². The van der Waals surface area contributed by atoms with Gasteiger partial charge in [0.2, 0.25) is 0 Å². The Morgan fingerprint density at radius 3 is 2.33 bits per heavy atom. The van der Waals surface area contributed by atoms with Gasteiger partial charge in [0.25, 0.3) is 11.8 Å². The summed E-state index contributed by atoms with van der Waals surface area (Å²) in [5.41, 5.74) is 4.25. The van der Waals surface area contributed by atoms with Gasteiger partial charge in [-0.2, -0.15) is 0 Å². The van der Waals surface area contributed by atoms with E-state index in [4.69, 9.17) is 21.1 Å². The number of halogens is 2. The molecule has 0 radical (unpaired) electrons. The van der Waals surface area contributed by atoms with Gasteiger partial charge >= 0.3 is 0 Å². The predicted octanol–water partition coefficient (Wildman–Crippen LogP) is 2.57. The standard InChI is InChI=1S/C16H14ClFN2O4/c1-23-13-8-9(7-11(17)14(13)24-2)15(21)19-20-16(22)10-5-3-4-6-12(10)18/h3-8H,1-2H3,(H,19,21)(H,20,22). The van der Waals surface area contributed by atoms with E-state index in [1.54, 1.807) is 0 Å². The molecule has 2 rings (SSSR count). The van der Waals surface area contributed by atoms with E-state index in [-0.39, 0.29) is 27.6 Å². The lowest BCUT2D eigenvalue weighted by Gasteiger charge is -2.12. The fourth-order valence-electron chi connectivity index (χ4n) is 1.95. The van der Waals surface area contributed by atoms with Crippen molar-refractivity contribution in [3.8, 4) is 11.5 Å². The highest BCUT2D eigenvalue weighted by atomic mass is 35.5. The van der Waals surface area contributed by atoms with Crippen molar-refractivity contribution < 1.29 is 23.5 Å². The van der Waals surface area contributed by atoms with Crippen LogP contribution in [0.4, 0.5) is 4.39 Å². The van der Waals surface area contributed by atoms with Crippen molar-refractivity contribution in [3.63, 3.8) is 0 Å². The maximum absolute atomic E-state index is 13.5. The molecule has 0 saturated heterocycles. The molecule has 0 aliphatic rings. The molecular weight excluding hydrogens is 339 g/mol. The third kappa shape index (κ3) is 3.75. The molecule has 126 valence electrons. The number of ether oxygens (including phenoxy) is 2. The van der Waals surface area contributed by atoms with Gasteiger partial charge in [0.15, 0.2) is 11.5 Å². The quantitative estimate of drug-likeness (QED) is 0.829. The van der Waals surface area contributed by atoms with Crippen LogP contribution in [0.25, 0.3) is 0 Å². The average Bonchev–Trinajstić information content (AvgIpc) is 2.58. The minimum Gasteiger partial charge on any atom is -0.493 e. The number of hydrazine groups is 1. The Morgan fingerprint density at radius 1 is 1.04 bits per heavy atom. The smallest absolute Gasteiger partial charge is 0.272 e. The molecule has 2 aromatic rings. The molecular formula is C16H14ClFN2O4. The zero-order valence-electron chi connectivity index (χ0n) is 12.9. The van der Waals surface area contributed by atoms with Gasteiger partial charge in [-0.05, 0) is 24.3 Å². The van der Waals surface area contributed by atoms with Crippen LogP contribution in [-0.4, -0.2) is 26.0 Å². The first-order chi connectivity index (χ1) is 11.5.